The van der Waals surface area contributed by atoms with Gasteiger partial charge in [0.25, 0.3) is 5.91 Å². The maximum Gasteiger partial charge on any atom is 0.303 e. The molecule has 0 heterocycles. The molecule has 0 radical (unpaired) electrons. The van der Waals surface area contributed by atoms with E-state index in [9.17, 15) is 9.59 Å². The van der Waals surface area contributed by atoms with E-state index >= 15 is 0 Å². The number of hydrogen-bond acceptors (Lipinski definition) is 2. The van der Waals surface area contributed by atoms with Crippen LogP contribution in [0.1, 0.15) is 48.5 Å². The summed E-state index contributed by atoms with van der Waals surface area (Å²) in [6, 6.07) is 7.48. The van der Waals surface area contributed by atoms with Crippen molar-refractivity contribution in [1.29, 1.82) is 0 Å². The van der Waals surface area contributed by atoms with Crippen molar-refractivity contribution in [3.63, 3.8) is 0 Å². The summed E-state index contributed by atoms with van der Waals surface area (Å²) in [5.74, 6) is -0.466. The van der Waals surface area contributed by atoms with Gasteiger partial charge in [-0.1, -0.05) is 31.5 Å². The van der Waals surface area contributed by atoms with E-state index in [-0.39, 0.29) is 12.3 Å². The smallest absolute Gasteiger partial charge is 0.303 e. The molecule has 0 aliphatic rings. The van der Waals surface area contributed by atoms with Crippen LogP contribution in [0, 0.1) is 12.8 Å². The first kappa shape index (κ1) is 16.2. The fourth-order valence-electron chi connectivity index (χ4n) is 2.19. The van der Waals surface area contributed by atoms with Gasteiger partial charge in [-0.25, -0.2) is 0 Å². The predicted molar refractivity (Wildman–Crippen MR) is 78.8 cm³/mol. The lowest BCUT2D eigenvalue weighted by atomic mass is 9.96. The minimum absolute atomic E-state index is 0.0591. The number of hydrogen-bond donors (Lipinski definition) is 2. The van der Waals surface area contributed by atoms with Gasteiger partial charge in [0.1, 0.15) is 0 Å². The van der Waals surface area contributed by atoms with Gasteiger partial charge in [-0.15, -0.1) is 0 Å². The largest absolute Gasteiger partial charge is 0.481 e. The lowest BCUT2D eigenvalue weighted by Crippen LogP contribution is -2.26. The van der Waals surface area contributed by atoms with E-state index < -0.39 is 5.97 Å². The lowest BCUT2D eigenvalue weighted by Gasteiger charge is -2.14. The molecule has 0 saturated carbocycles. The van der Waals surface area contributed by atoms with Gasteiger partial charge in [-0.2, -0.15) is 0 Å². The summed E-state index contributed by atoms with van der Waals surface area (Å²) in [5.41, 5.74) is 1.66. The Bertz CT molecular complexity index is 457. The lowest BCUT2D eigenvalue weighted by molar-refractivity contribution is -0.137. The molecule has 1 amide bonds. The fourth-order valence-corrected chi connectivity index (χ4v) is 2.19. The standard InChI is InChI=1S/C16H23NO3/c1-3-13(8-9-15(18)19)10-11-17-16(20)14-7-5-4-6-12(14)2/h4-7,13H,3,8-11H2,1-2H3,(H,17,20)(H,18,19). The molecule has 1 unspecified atom stereocenters. The average molecular weight is 277 g/mol. The third-order valence-electron chi connectivity index (χ3n) is 3.57. The quantitative estimate of drug-likeness (QED) is 0.767. The van der Waals surface area contributed by atoms with Crippen LogP contribution in [0.25, 0.3) is 0 Å². The highest BCUT2D eigenvalue weighted by Crippen LogP contribution is 2.15. The average Bonchev–Trinajstić information content (AvgIpc) is 2.42. The number of nitrogens with one attached hydrogen (secondary N) is 1. The molecular formula is C16H23NO3. The molecule has 1 aromatic rings. The maximum atomic E-state index is 12.0. The Kier molecular flexibility index (Phi) is 6.77. The van der Waals surface area contributed by atoms with Gasteiger partial charge in [-0.3, -0.25) is 9.59 Å². The molecular weight excluding hydrogens is 254 g/mol. The summed E-state index contributed by atoms with van der Waals surface area (Å²) in [6.07, 6.45) is 2.63. The van der Waals surface area contributed by atoms with Crippen LogP contribution in [0.4, 0.5) is 0 Å². The molecule has 0 saturated heterocycles. The molecule has 1 aromatic carbocycles. The van der Waals surface area contributed by atoms with E-state index in [1.165, 1.54) is 0 Å². The van der Waals surface area contributed by atoms with Crippen LogP contribution >= 0.6 is 0 Å². The van der Waals surface area contributed by atoms with Gasteiger partial charge < -0.3 is 10.4 Å². The van der Waals surface area contributed by atoms with E-state index in [1.54, 1.807) is 0 Å². The van der Waals surface area contributed by atoms with Crippen LogP contribution < -0.4 is 5.32 Å². The molecule has 0 bridgehead atoms. The minimum Gasteiger partial charge on any atom is -0.481 e. The Morgan fingerprint density at radius 2 is 1.95 bits per heavy atom. The van der Waals surface area contributed by atoms with E-state index in [0.717, 1.165) is 18.4 Å². The topological polar surface area (TPSA) is 66.4 Å². The number of carbonyl (C=O) groups is 2. The molecule has 1 rings (SSSR count). The SMILES string of the molecule is CCC(CCNC(=O)c1ccccc1C)CCC(=O)O. The van der Waals surface area contributed by atoms with E-state index in [2.05, 4.69) is 12.2 Å². The number of carbonyl (C=O) groups excluding carboxylic acids is 1. The summed E-state index contributed by atoms with van der Waals surface area (Å²) in [6.45, 7) is 4.55. The molecule has 110 valence electrons. The molecule has 0 spiro atoms. The summed E-state index contributed by atoms with van der Waals surface area (Å²) in [5, 5.41) is 11.6. The Balaban J connectivity index is 2.37. The van der Waals surface area contributed by atoms with Gasteiger partial charge in [-0.05, 0) is 37.3 Å². The van der Waals surface area contributed by atoms with Gasteiger partial charge in [0, 0.05) is 18.5 Å². The zero-order valence-corrected chi connectivity index (χ0v) is 12.2. The Morgan fingerprint density at radius 1 is 1.25 bits per heavy atom. The summed E-state index contributed by atoms with van der Waals surface area (Å²) < 4.78 is 0. The summed E-state index contributed by atoms with van der Waals surface area (Å²) in [7, 11) is 0. The van der Waals surface area contributed by atoms with Crippen LogP contribution in [0.15, 0.2) is 24.3 Å². The maximum absolute atomic E-state index is 12.0. The second-order valence-electron chi connectivity index (χ2n) is 5.07. The van der Waals surface area contributed by atoms with E-state index in [4.69, 9.17) is 5.11 Å². The Hall–Kier alpha value is -1.84. The van der Waals surface area contributed by atoms with Gasteiger partial charge in [0.15, 0.2) is 0 Å². The van der Waals surface area contributed by atoms with Crippen molar-refractivity contribution < 1.29 is 14.7 Å². The van der Waals surface area contributed by atoms with Crippen molar-refractivity contribution in [1.82, 2.24) is 5.32 Å². The number of carboxylic acids is 1. The highest BCUT2D eigenvalue weighted by molar-refractivity contribution is 5.95. The van der Waals surface area contributed by atoms with Gasteiger partial charge in [0.05, 0.1) is 0 Å². The molecule has 0 aliphatic heterocycles. The summed E-state index contributed by atoms with van der Waals surface area (Å²) >= 11 is 0. The first-order valence-corrected chi connectivity index (χ1v) is 7.10. The van der Waals surface area contributed by atoms with Crippen LogP contribution in [0.5, 0.6) is 0 Å². The van der Waals surface area contributed by atoms with Crippen molar-refractivity contribution in [2.24, 2.45) is 5.92 Å². The molecule has 1 atom stereocenters. The molecule has 2 N–H and O–H groups in total. The second kappa shape index (κ2) is 8.35. The van der Waals surface area contributed by atoms with Crippen molar-refractivity contribution in [3.8, 4) is 0 Å². The van der Waals surface area contributed by atoms with Crippen LogP contribution in [-0.4, -0.2) is 23.5 Å². The zero-order chi connectivity index (χ0) is 15.0. The molecule has 0 aliphatic carbocycles. The van der Waals surface area contributed by atoms with Crippen molar-refractivity contribution in [2.45, 2.75) is 39.5 Å². The first-order chi connectivity index (χ1) is 9.54. The third kappa shape index (κ3) is 5.43. The number of amides is 1. The summed E-state index contributed by atoms with van der Waals surface area (Å²) in [4.78, 5) is 22.6. The monoisotopic (exact) mass is 277 g/mol. The third-order valence-corrected chi connectivity index (χ3v) is 3.57. The molecule has 4 nitrogen and oxygen atoms in total. The second-order valence-corrected chi connectivity index (χ2v) is 5.07. The van der Waals surface area contributed by atoms with E-state index in [0.29, 0.717) is 24.4 Å². The molecule has 0 aromatic heterocycles. The molecule has 20 heavy (non-hydrogen) atoms. The van der Waals surface area contributed by atoms with Crippen molar-refractivity contribution in [3.05, 3.63) is 35.4 Å². The van der Waals surface area contributed by atoms with E-state index in [1.807, 2.05) is 31.2 Å². The first-order valence-electron chi connectivity index (χ1n) is 7.10. The highest BCUT2D eigenvalue weighted by Gasteiger charge is 2.11. The number of carboxylic acid groups (broad SMARTS) is 1. The predicted octanol–water partition coefficient (Wildman–Crippen LogP) is 3.01. The van der Waals surface area contributed by atoms with Gasteiger partial charge >= 0.3 is 5.97 Å². The number of aryl methyl sites for hydroxylation is 1. The zero-order valence-electron chi connectivity index (χ0n) is 12.2. The van der Waals surface area contributed by atoms with Crippen LogP contribution in [0.2, 0.25) is 0 Å². The fraction of sp³-hybridized carbons (Fsp3) is 0.500. The van der Waals surface area contributed by atoms with Crippen molar-refractivity contribution in [2.75, 3.05) is 6.54 Å². The molecule has 4 heteroatoms. The van der Waals surface area contributed by atoms with Crippen LogP contribution in [0.3, 0.4) is 0 Å². The normalized spacial score (nSPS) is 11.9. The Labute approximate surface area is 120 Å². The van der Waals surface area contributed by atoms with Gasteiger partial charge in [0.2, 0.25) is 0 Å². The number of benzene rings is 1. The van der Waals surface area contributed by atoms with Crippen LogP contribution in [-0.2, 0) is 4.79 Å². The minimum atomic E-state index is -0.757. The Morgan fingerprint density at radius 3 is 2.55 bits per heavy atom. The number of aliphatic carboxylic acids is 1. The number of rotatable bonds is 8. The molecule has 0 fully saturated rings. The highest BCUT2D eigenvalue weighted by atomic mass is 16.4. The van der Waals surface area contributed by atoms with Crippen molar-refractivity contribution >= 4 is 11.9 Å².